The van der Waals surface area contributed by atoms with Crippen molar-refractivity contribution >= 4 is 0 Å². The highest BCUT2D eigenvalue weighted by Crippen LogP contribution is 2.13. The summed E-state index contributed by atoms with van der Waals surface area (Å²) in [6.45, 7) is 5.69. The van der Waals surface area contributed by atoms with Crippen LogP contribution < -0.4 is 0 Å². The second-order valence-corrected chi connectivity index (χ2v) is 7.44. The van der Waals surface area contributed by atoms with Crippen LogP contribution in [0.25, 0.3) is 0 Å². The molecule has 0 aliphatic rings. The zero-order valence-electron chi connectivity index (χ0n) is 16.0. The first-order valence-corrected chi connectivity index (χ1v) is 9.86. The average molecular weight is 329 g/mol. The Morgan fingerprint density at radius 3 is 1.79 bits per heavy atom. The third kappa shape index (κ3) is 11.3. The number of benzene rings is 1. The quantitative estimate of drug-likeness (QED) is 0.375. The third-order valence-electron chi connectivity index (χ3n) is 4.29. The van der Waals surface area contributed by atoms with E-state index in [2.05, 4.69) is 43.0 Å². The number of hydrogen-bond donors (Lipinski definition) is 1. The molecule has 0 bridgehead atoms. The molecular formula is C23H36O. The van der Waals surface area contributed by atoms with E-state index >= 15 is 0 Å². The van der Waals surface area contributed by atoms with Gasteiger partial charge in [0.15, 0.2) is 0 Å². The Labute approximate surface area is 149 Å². The van der Waals surface area contributed by atoms with Gasteiger partial charge in [-0.1, -0.05) is 88.7 Å². The number of aliphatic hydroxyl groups is 1. The maximum atomic E-state index is 9.62. The zero-order valence-corrected chi connectivity index (χ0v) is 16.0. The molecule has 0 spiro atoms. The summed E-state index contributed by atoms with van der Waals surface area (Å²) in [5, 5.41) is 9.62. The van der Waals surface area contributed by atoms with Crippen molar-refractivity contribution in [2.24, 2.45) is 0 Å². The molecule has 1 heteroatoms. The Hall–Kier alpha value is -1.26. The number of rotatable bonds is 11. The Morgan fingerprint density at radius 2 is 1.29 bits per heavy atom. The first kappa shape index (κ1) is 20.8. The molecular weight excluding hydrogens is 292 g/mol. The Kier molecular flexibility index (Phi) is 10.5. The first-order valence-electron chi connectivity index (χ1n) is 9.86. The van der Waals surface area contributed by atoms with Crippen LogP contribution in [-0.4, -0.2) is 10.7 Å². The standard InChI is InChI=1S/C23H36O/c1-4-5-6-7-8-9-10-11-12-13-14-21-15-17-22(18-16-21)19-20-23(2,3)24/h15-18,24H,4-14H2,1-3H3. The maximum Gasteiger partial charge on any atom is 0.120 e. The summed E-state index contributed by atoms with van der Waals surface area (Å²) >= 11 is 0. The lowest BCUT2D eigenvalue weighted by Crippen LogP contribution is -2.14. The normalized spacial score (nSPS) is 11.2. The molecule has 0 heterocycles. The van der Waals surface area contributed by atoms with E-state index in [1.807, 2.05) is 0 Å². The Bertz CT molecular complexity index is 481. The number of unbranched alkanes of at least 4 members (excludes halogenated alkanes) is 9. The van der Waals surface area contributed by atoms with Gasteiger partial charge < -0.3 is 5.11 Å². The molecule has 0 unspecified atom stereocenters. The first-order chi connectivity index (χ1) is 11.5. The van der Waals surface area contributed by atoms with Crippen molar-refractivity contribution in [3.05, 3.63) is 35.4 Å². The highest BCUT2D eigenvalue weighted by molar-refractivity contribution is 5.37. The van der Waals surface area contributed by atoms with E-state index in [0.717, 1.165) is 12.0 Å². The van der Waals surface area contributed by atoms with Gasteiger partial charge in [0.05, 0.1) is 0 Å². The fourth-order valence-electron chi connectivity index (χ4n) is 2.80. The second-order valence-electron chi connectivity index (χ2n) is 7.44. The lowest BCUT2D eigenvalue weighted by atomic mass is 10.0. The highest BCUT2D eigenvalue weighted by Gasteiger charge is 2.05. The summed E-state index contributed by atoms with van der Waals surface area (Å²) in [6, 6.07) is 8.46. The van der Waals surface area contributed by atoms with Crippen LogP contribution >= 0.6 is 0 Å². The molecule has 1 aromatic rings. The molecule has 0 aliphatic heterocycles. The minimum atomic E-state index is -0.922. The minimum Gasteiger partial charge on any atom is -0.378 e. The van der Waals surface area contributed by atoms with E-state index in [1.54, 1.807) is 13.8 Å². The Morgan fingerprint density at radius 1 is 0.792 bits per heavy atom. The van der Waals surface area contributed by atoms with Crippen molar-refractivity contribution in [1.29, 1.82) is 0 Å². The molecule has 0 saturated heterocycles. The summed E-state index contributed by atoms with van der Waals surface area (Å²) < 4.78 is 0. The van der Waals surface area contributed by atoms with Crippen molar-refractivity contribution in [2.75, 3.05) is 0 Å². The van der Waals surface area contributed by atoms with Gasteiger partial charge in [0.1, 0.15) is 5.60 Å². The average Bonchev–Trinajstić information content (AvgIpc) is 2.55. The zero-order chi connectivity index (χ0) is 17.7. The van der Waals surface area contributed by atoms with Crippen LogP contribution in [0.3, 0.4) is 0 Å². The number of aryl methyl sites for hydroxylation is 1. The van der Waals surface area contributed by atoms with Crippen molar-refractivity contribution in [3.63, 3.8) is 0 Å². The molecule has 0 atom stereocenters. The SMILES string of the molecule is CCCCCCCCCCCCc1ccc(C#CC(C)(C)O)cc1. The molecule has 134 valence electrons. The molecule has 24 heavy (non-hydrogen) atoms. The lowest BCUT2D eigenvalue weighted by Gasteiger charge is -2.06. The van der Waals surface area contributed by atoms with Gasteiger partial charge in [-0.15, -0.1) is 0 Å². The highest BCUT2D eigenvalue weighted by atomic mass is 16.3. The fourth-order valence-corrected chi connectivity index (χ4v) is 2.80. The van der Waals surface area contributed by atoms with E-state index in [9.17, 15) is 5.11 Å². The molecule has 0 fully saturated rings. The van der Waals surface area contributed by atoms with Crippen LogP contribution in [0.15, 0.2) is 24.3 Å². The molecule has 0 amide bonds. The lowest BCUT2D eigenvalue weighted by molar-refractivity contribution is 0.143. The van der Waals surface area contributed by atoms with Crippen molar-refractivity contribution in [1.82, 2.24) is 0 Å². The van der Waals surface area contributed by atoms with E-state index in [-0.39, 0.29) is 0 Å². The molecule has 1 aromatic carbocycles. The van der Waals surface area contributed by atoms with Gasteiger partial charge in [-0.25, -0.2) is 0 Å². The predicted molar refractivity (Wildman–Crippen MR) is 105 cm³/mol. The van der Waals surface area contributed by atoms with Gasteiger partial charge in [0.2, 0.25) is 0 Å². The van der Waals surface area contributed by atoms with Gasteiger partial charge in [-0.2, -0.15) is 0 Å². The minimum absolute atomic E-state index is 0.922. The second kappa shape index (κ2) is 12.2. The summed E-state index contributed by atoms with van der Waals surface area (Å²) in [5.74, 6) is 5.87. The topological polar surface area (TPSA) is 20.2 Å². The summed E-state index contributed by atoms with van der Waals surface area (Å²) in [6.07, 6.45) is 15.0. The van der Waals surface area contributed by atoms with Crippen LogP contribution in [0.5, 0.6) is 0 Å². The summed E-state index contributed by atoms with van der Waals surface area (Å²) in [7, 11) is 0. The van der Waals surface area contributed by atoms with Gasteiger partial charge in [0.25, 0.3) is 0 Å². The maximum absolute atomic E-state index is 9.62. The Balaban J connectivity index is 2.10. The van der Waals surface area contributed by atoms with Gasteiger partial charge in [-0.05, 0) is 44.4 Å². The molecule has 0 saturated carbocycles. The van der Waals surface area contributed by atoms with Crippen LogP contribution in [-0.2, 0) is 6.42 Å². The van der Waals surface area contributed by atoms with E-state index in [4.69, 9.17) is 0 Å². The number of hydrogen-bond acceptors (Lipinski definition) is 1. The fraction of sp³-hybridized carbons (Fsp3) is 0.652. The van der Waals surface area contributed by atoms with Gasteiger partial charge in [-0.3, -0.25) is 0 Å². The smallest absolute Gasteiger partial charge is 0.120 e. The van der Waals surface area contributed by atoms with E-state index < -0.39 is 5.60 Å². The van der Waals surface area contributed by atoms with Gasteiger partial charge in [0, 0.05) is 5.56 Å². The predicted octanol–water partition coefficient (Wildman–Crippen LogP) is 6.27. The van der Waals surface area contributed by atoms with Crippen LogP contribution in [0.1, 0.15) is 96.1 Å². The third-order valence-corrected chi connectivity index (χ3v) is 4.29. The molecule has 1 N–H and O–H groups in total. The monoisotopic (exact) mass is 328 g/mol. The van der Waals surface area contributed by atoms with Crippen molar-refractivity contribution in [2.45, 2.75) is 97.0 Å². The van der Waals surface area contributed by atoms with E-state index in [1.165, 1.54) is 69.8 Å². The summed E-state index contributed by atoms with van der Waals surface area (Å²) in [5.41, 5.74) is 1.45. The largest absolute Gasteiger partial charge is 0.378 e. The van der Waals surface area contributed by atoms with Crippen molar-refractivity contribution < 1.29 is 5.11 Å². The molecule has 0 aliphatic carbocycles. The molecule has 1 nitrogen and oxygen atoms in total. The summed E-state index contributed by atoms with van der Waals surface area (Å²) in [4.78, 5) is 0. The van der Waals surface area contributed by atoms with Crippen LogP contribution in [0.4, 0.5) is 0 Å². The van der Waals surface area contributed by atoms with Crippen molar-refractivity contribution in [3.8, 4) is 11.8 Å². The molecule has 0 aromatic heterocycles. The molecule has 0 radical (unpaired) electrons. The van der Waals surface area contributed by atoms with Crippen LogP contribution in [0.2, 0.25) is 0 Å². The van der Waals surface area contributed by atoms with Crippen LogP contribution in [0, 0.1) is 11.8 Å². The molecule has 1 rings (SSSR count). The van der Waals surface area contributed by atoms with E-state index in [0.29, 0.717) is 0 Å². The van der Waals surface area contributed by atoms with Gasteiger partial charge >= 0.3 is 0 Å².